The van der Waals surface area contributed by atoms with E-state index in [1.165, 1.54) is 43.5 Å². The molecule has 0 amide bonds. The van der Waals surface area contributed by atoms with E-state index in [4.69, 9.17) is 5.73 Å². The maximum absolute atomic E-state index is 5.76. The molecule has 1 heterocycles. The van der Waals surface area contributed by atoms with Crippen molar-refractivity contribution in [3.63, 3.8) is 0 Å². The number of rotatable bonds is 3. The summed E-state index contributed by atoms with van der Waals surface area (Å²) in [5.74, 6) is 4.74. The number of aryl methyl sites for hydroxylation is 1. The third-order valence-corrected chi connectivity index (χ3v) is 6.01. The summed E-state index contributed by atoms with van der Waals surface area (Å²) in [6, 6.07) is 0. The number of aromatic amines is 1. The van der Waals surface area contributed by atoms with Gasteiger partial charge in [0.2, 0.25) is 0 Å². The highest BCUT2D eigenvalue weighted by molar-refractivity contribution is 5.32. The van der Waals surface area contributed by atoms with Gasteiger partial charge in [-0.3, -0.25) is 5.10 Å². The first-order valence-electron chi connectivity index (χ1n) is 8.00. The van der Waals surface area contributed by atoms with Crippen molar-refractivity contribution in [2.24, 2.45) is 29.4 Å². The van der Waals surface area contributed by atoms with Gasteiger partial charge in [-0.1, -0.05) is 0 Å². The fourth-order valence-corrected chi connectivity index (χ4v) is 5.65. The molecule has 1 aromatic heterocycles. The van der Waals surface area contributed by atoms with Gasteiger partial charge in [-0.15, -0.1) is 0 Å². The average Bonchev–Trinajstić information content (AvgIpc) is 2.71. The van der Waals surface area contributed by atoms with E-state index in [0.29, 0.717) is 6.54 Å². The second-order valence-corrected chi connectivity index (χ2v) is 7.20. The van der Waals surface area contributed by atoms with E-state index in [1.54, 1.807) is 5.56 Å². The van der Waals surface area contributed by atoms with Crippen molar-refractivity contribution in [3.05, 3.63) is 17.0 Å². The first-order chi connectivity index (χ1) is 9.26. The zero-order valence-corrected chi connectivity index (χ0v) is 11.9. The normalized spacial score (nSPS) is 40.0. The van der Waals surface area contributed by atoms with E-state index in [-0.39, 0.29) is 0 Å². The van der Waals surface area contributed by atoms with Crippen molar-refractivity contribution in [2.75, 3.05) is 6.54 Å². The predicted octanol–water partition coefficient (Wildman–Crippen LogP) is 2.76. The fourth-order valence-electron chi connectivity index (χ4n) is 5.65. The van der Waals surface area contributed by atoms with Crippen molar-refractivity contribution in [3.8, 4) is 0 Å². The third-order valence-electron chi connectivity index (χ3n) is 6.01. The van der Waals surface area contributed by atoms with Gasteiger partial charge in [-0.25, -0.2) is 0 Å². The molecule has 4 aliphatic carbocycles. The Labute approximate surface area is 115 Å². The second kappa shape index (κ2) is 4.34. The molecule has 3 N–H and O–H groups in total. The smallest absolute Gasteiger partial charge is 0.0672 e. The summed E-state index contributed by atoms with van der Waals surface area (Å²) < 4.78 is 0. The Hall–Kier alpha value is -0.830. The third kappa shape index (κ3) is 1.78. The van der Waals surface area contributed by atoms with Crippen molar-refractivity contribution in [2.45, 2.75) is 51.4 Å². The lowest BCUT2D eigenvalue weighted by molar-refractivity contribution is -0.00324. The Morgan fingerprint density at radius 1 is 1.11 bits per heavy atom. The molecule has 0 radical (unpaired) electrons. The van der Waals surface area contributed by atoms with Crippen LogP contribution in [0.2, 0.25) is 0 Å². The minimum absolute atomic E-state index is 0.713. The van der Waals surface area contributed by atoms with Crippen LogP contribution in [-0.4, -0.2) is 16.7 Å². The standard InChI is InChI=1S/C16H25N3/c1-9-15(14(2-3-17)19-18-9)16-12-5-10-4-11(7-12)8-13(16)6-10/h10-13,16H,2-8,17H2,1H3,(H,18,19). The highest BCUT2D eigenvalue weighted by Crippen LogP contribution is 2.60. The summed E-state index contributed by atoms with van der Waals surface area (Å²) in [5, 5.41) is 7.76. The van der Waals surface area contributed by atoms with Gasteiger partial charge in [0.15, 0.2) is 0 Å². The summed E-state index contributed by atoms with van der Waals surface area (Å²) >= 11 is 0. The van der Waals surface area contributed by atoms with Crippen LogP contribution in [0.1, 0.15) is 55.0 Å². The Morgan fingerprint density at radius 2 is 1.74 bits per heavy atom. The second-order valence-electron chi connectivity index (χ2n) is 7.20. The highest BCUT2D eigenvalue weighted by atomic mass is 15.1. The zero-order valence-electron chi connectivity index (χ0n) is 11.9. The van der Waals surface area contributed by atoms with Crippen LogP contribution in [0.4, 0.5) is 0 Å². The minimum atomic E-state index is 0.713. The number of nitrogens with one attached hydrogen (secondary N) is 1. The first kappa shape index (κ1) is 12.0. The number of nitrogens with zero attached hydrogens (tertiary/aromatic N) is 1. The van der Waals surface area contributed by atoms with Crippen molar-refractivity contribution in [1.82, 2.24) is 10.2 Å². The lowest BCUT2D eigenvalue weighted by Gasteiger charge is -2.54. The lowest BCUT2D eigenvalue weighted by Crippen LogP contribution is -2.44. The van der Waals surface area contributed by atoms with Gasteiger partial charge in [0.1, 0.15) is 0 Å². The molecule has 5 rings (SSSR count). The maximum Gasteiger partial charge on any atom is 0.0672 e. The Morgan fingerprint density at radius 3 is 2.32 bits per heavy atom. The molecule has 3 nitrogen and oxygen atoms in total. The summed E-state index contributed by atoms with van der Waals surface area (Å²) in [6.07, 6.45) is 8.37. The number of hydrogen-bond acceptors (Lipinski definition) is 2. The molecule has 104 valence electrons. The van der Waals surface area contributed by atoms with Gasteiger partial charge in [-0.2, -0.15) is 5.10 Å². The van der Waals surface area contributed by atoms with Crippen LogP contribution in [0.3, 0.4) is 0 Å². The first-order valence-corrected chi connectivity index (χ1v) is 8.00. The molecule has 19 heavy (non-hydrogen) atoms. The van der Waals surface area contributed by atoms with E-state index in [1.807, 2.05) is 0 Å². The molecular weight excluding hydrogens is 234 g/mol. The topological polar surface area (TPSA) is 54.7 Å². The fraction of sp³-hybridized carbons (Fsp3) is 0.812. The van der Waals surface area contributed by atoms with Crippen LogP contribution < -0.4 is 5.73 Å². The molecule has 0 unspecified atom stereocenters. The van der Waals surface area contributed by atoms with E-state index < -0.39 is 0 Å². The lowest BCUT2D eigenvalue weighted by atomic mass is 9.50. The molecule has 0 aromatic carbocycles. The molecule has 0 aliphatic heterocycles. The highest BCUT2D eigenvalue weighted by Gasteiger charge is 2.49. The van der Waals surface area contributed by atoms with Crippen LogP contribution in [0.25, 0.3) is 0 Å². The van der Waals surface area contributed by atoms with Crippen molar-refractivity contribution >= 4 is 0 Å². The van der Waals surface area contributed by atoms with Gasteiger partial charge >= 0.3 is 0 Å². The largest absolute Gasteiger partial charge is 0.330 e. The molecule has 0 spiro atoms. The monoisotopic (exact) mass is 259 g/mol. The summed E-state index contributed by atoms with van der Waals surface area (Å²) in [7, 11) is 0. The van der Waals surface area contributed by atoms with Crippen LogP contribution >= 0.6 is 0 Å². The van der Waals surface area contributed by atoms with Gasteiger partial charge in [0.05, 0.1) is 5.69 Å². The summed E-state index contributed by atoms with van der Waals surface area (Å²) in [4.78, 5) is 0. The van der Waals surface area contributed by atoms with Crippen molar-refractivity contribution in [1.29, 1.82) is 0 Å². The summed E-state index contributed by atoms with van der Waals surface area (Å²) in [5.41, 5.74) is 9.88. The SMILES string of the molecule is Cc1[nH]nc(CCN)c1C1C2CC3CC(C2)CC1C3. The van der Waals surface area contributed by atoms with Gasteiger partial charge in [0.25, 0.3) is 0 Å². The van der Waals surface area contributed by atoms with Gasteiger partial charge in [-0.05, 0) is 80.7 Å². The number of hydrogen-bond donors (Lipinski definition) is 2. The van der Waals surface area contributed by atoms with Crippen LogP contribution in [0.5, 0.6) is 0 Å². The molecule has 0 atom stereocenters. The van der Waals surface area contributed by atoms with E-state index in [9.17, 15) is 0 Å². The minimum Gasteiger partial charge on any atom is -0.330 e. The Kier molecular flexibility index (Phi) is 2.73. The van der Waals surface area contributed by atoms with Gasteiger partial charge < -0.3 is 5.73 Å². The average molecular weight is 259 g/mol. The van der Waals surface area contributed by atoms with Crippen LogP contribution in [0, 0.1) is 30.6 Å². The van der Waals surface area contributed by atoms with E-state index in [0.717, 1.165) is 36.0 Å². The molecule has 1 aromatic rings. The number of nitrogens with two attached hydrogens (primary N) is 1. The zero-order chi connectivity index (χ0) is 13.0. The Bertz CT molecular complexity index is 448. The summed E-state index contributed by atoms with van der Waals surface area (Å²) in [6.45, 7) is 2.91. The molecule has 4 bridgehead atoms. The predicted molar refractivity (Wildman–Crippen MR) is 75.9 cm³/mol. The van der Waals surface area contributed by atoms with Crippen LogP contribution in [0.15, 0.2) is 0 Å². The van der Waals surface area contributed by atoms with Gasteiger partial charge in [0, 0.05) is 12.1 Å². The number of aromatic nitrogens is 2. The molecule has 0 saturated heterocycles. The maximum atomic E-state index is 5.76. The van der Waals surface area contributed by atoms with Crippen LogP contribution in [-0.2, 0) is 6.42 Å². The Balaban J connectivity index is 1.70. The van der Waals surface area contributed by atoms with E-state index in [2.05, 4.69) is 17.1 Å². The molecular formula is C16H25N3. The van der Waals surface area contributed by atoms with E-state index >= 15 is 0 Å². The molecule has 4 saturated carbocycles. The van der Waals surface area contributed by atoms with Crippen molar-refractivity contribution < 1.29 is 0 Å². The number of H-pyrrole nitrogens is 1. The quantitative estimate of drug-likeness (QED) is 0.877. The molecule has 4 aliphatic rings. The molecule has 4 fully saturated rings. The molecule has 3 heteroatoms.